The second kappa shape index (κ2) is 5.93. The Morgan fingerprint density at radius 1 is 1.22 bits per heavy atom. The fourth-order valence-electron chi connectivity index (χ4n) is 1.80. The molecule has 96 valence electrons. The molecule has 0 aliphatic rings. The third-order valence-electron chi connectivity index (χ3n) is 2.55. The zero-order chi connectivity index (χ0) is 13.0. The summed E-state index contributed by atoms with van der Waals surface area (Å²) >= 11 is 1.22. The molecule has 0 spiro atoms. The minimum Gasteiger partial charge on any atom is -0.491 e. The summed E-state index contributed by atoms with van der Waals surface area (Å²) in [6.45, 7) is 4.04. The predicted octanol–water partition coefficient (Wildman–Crippen LogP) is 2.63. The largest absolute Gasteiger partial charge is 0.491 e. The van der Waals surface area contributed by atoms with Gasteiger partial charge < -0.3 is 10.1 Å². The van der Waals surface area contributed by atoms with E-state index in [2.05, 4.69) is 26.2 Å². The van der Waals surface area contributed by atoms with Crippen LogP contribution < -0.4 is 10.1 Å². The number of hydrogen-bond acceptors (Lipinski definition) is 5. The molecule has 1 N–H and O–H groups in total. The third-order valence-corrected chi connectivity index (χ3v) is 3.04. The molecular weight excluding hydrogens is 246 g/mol. The lowest BCUT2D eigenvalue weighted by Crippen LogP contribution is -2.17. The summed E-state index contributed by atoms with van der Waals surface area (Å²) < 4.78 is 13.9. The molecule has 1 aromatic carbocycles. The summed E-state index contributed by atoms with van der Waals surface area (Å²) in [5, 5.41) is 3.24. The fraction of sp³-hybridized carbons (Fsp3) is 0.385. The van der Waals surface area contributed by atoms with Crippen LogP contribution in [0, 0.1) is 0 Å². The predicted molar refractivity (Wildman–Crippen MR) is 73.0 cm³/mol. The van der Waals surface area contributed by atoms with Crippen LogP contribution in [0.3, 0.4) is 0 Å². The van der Waals surface area contributed by atoms with Crippen molar-refractivity contribution in [2.24, 2.45) is 0 Å². The van der Waals surface area contributed by atoms with Gasteiger partial charge in [0, 0.05) is 0 Å². The van der Waals surface area contributed by atoms with E-state index in [4.69, 9.17) is 4.74 Å². The van der Waals surface area contributed by atoms with Crippen LogP contribution >= 0.6 is 11.7 Å². The molecule has 0 amide bonds. The highest BCUT2D eigenvalue weighted by molar-refractivity contribution is 6.99. The first-order valence-electron chi connectivity index (χ1n) is 5.92. The number of ether oxygens (including phenoxy) is 1. The van der Waals surface area contributed by atoms with Crippen molar-refractivity contribution in [3.8, 4) is 5.75 Å². The van der Waals surface area contributed by atoms with E-state index in [-0.39, 0.29) is 12.1 Å². The highest BCUT2D eigenvalue weighted by atomic mass is 32.1. The lowest BCUT2D eigenvalue weighted by molar-refractivity contribution is 0.242. The molecule has 0 aliphatic carbocycles. The molecule has 0 saturated heterocycles. The zero-order valence-corrected chi connectivity index (χ0v) is 11.6. The average molecular weight is 263 g/mol. The van der Waals surface area contributed by atoms with Crippen LogP contribution in [0.2, 0.25) is 0 Å². The molecule has 2 rings (SSSR count). The Morgan fingerprint density at radius 3 is 2.44 bits per heavy atom. The molecule has 1 aromatic heterocycles. The maximum Gasteiger partial charge on any atom is 0.119 e. The van der Waals surface area contributed by atoms with Gasteiger partial charge in [-0.1, -0.05) is 12.1 Å². The van der Waals surface area contributed by atoms with Gasteiger partial charge in [-0.05, 0) is 38.6 Å². The molecule has 0 aliphatic heterocycles. The fourth-order valence-corrected chi connectivity index (χ4v) is 2.24. The molecule has 0 saturated carbocycles. The Hall–Kier alpha value is -1.46. The Labute approximate surface area is 111 Å². The van der Waals surface area contributed by atoms with Gasteiger partial charge in [0.25, 0.3) is 0 Å². The van der Waals surface area contributed by atoms with E-state index in [1.165, 1.54) is 11.7 Å². The normalized spacial score (nSPS) is 12.7. The van der Waals surface area contributed by atoms with Crippen molar-refractivity contribution >= 4 is 11.7 Å². The Bertz CT molecular complexity index is 467. The second-order valence-corrected chi connectivity index (χ2v) is 4.85. The van der Waals surface area contributed by atoms with E-state index >= 15 is 0 Å². The van der Waals surface area contributed by atoms with Crippen LogP contribution in [0.5, 0.6) is 5.75 Å². The van der Waals surface area contributed by atoms with E-state index in [0.29, 0.717) is 0 Å². The van der Waals surface area contributed by atoms with Gasteiger partial charge >= 0.3 is 0 Å². The molecule has 1 heterocycles. The Balaban J connectivity index is 2.17. The van der Waals surface area contributed by atoms with Crippen molar-refractivity contribution in [3.63, 3.8) is 0 Å². The molecule has 4 nitrogen and oxygen atoms in total. The number of hydrogen-bond donors (Lipinski definition) is 1. The number of nitrogens with zero attached hydrogens (tertiary/aromatic N) is 2. The molecule has 0 radical (unpaired) electrons. The van der Waals surface area contributed by atoms with E-state index in [0.717, 1.165) is 17.0 Å². The zero-order valence-electron chi connectivity index (χ0n) is 10.8. The molecule has 18 heavy (non-hydrogen) atoms. The van der Waals surface area contributed by atoms with E-state index in [1.807, 2.05) is 33.0 Å². The van der Waals surface area contributed by atoms with Gasteiger partial charge in [0.1, 0.15) is 5.75 Å². The standard InChI is InChI=1S/C13H17N3OS/c1-9(2)17-11-6-4-10(5-7-11)13(14-3)12-8-15-18-16-12/h4-9,13-14H,1-3H3. The smallest absolute Gasteiger partial charge is 0.119 e. The first-order chi connectivity index (χ1) is 8.70. The van der Waals surface area contributed by atoms with E-state index in [9.17, 15) is 0 Å². The topological polar surface area (TPSA) is 47.0 Å². The molecule has 1 unspecified atom stereocenters. The molecular formula is C13H17N3OS. The lowest BCUT2D eigenvalue weighted by atomic mass is 10.0. The Morgan fingerprint density at radius 2 is 1.94 bits per heavy atom. The first-order valence-corrected chi connectivity index (χ1v) is 6.65. The van der Waals surface area contributed by atoms with Crippen LogP contribution in [-0.4, -0.2) is 21.9 Å². The van der Waals surface area contributed by atoms with Crippen molar-refractivity contribution in [3.05, 3.63) is 41.7 Å². The Kier molecular flexibility index (Phi) is 4.28. The monoisotopic (exact) mass is 263 g/mol. The molecule has 0 bridgehead atoms. The first kappa shape index (κ1) is 13.0. The number of benzene rings is 1. The molecule has 1 atom stereocenters. The minimum absolute atomic E-state index is 0.0804. The van der Waals surface area contributed by atoms with Gasteiger partial charge in [-0.25, -0.2) is 0 Å². The van der Waals surface area contributed by atoms with Gasteiger partial charge in [0.05, 0.1) is 35.8 Å². The third kappa shape index (κ3) is 3.05. The minimum atomic E-state index is 0.0804. The van der Waals surface area contributed by atoms with Gasteiger partial charge in [-0.3, -0.25) is 0 Å². The lowest BCUT2D eigenvalue weighted by Gasteiger charge is -2.15. The maximum absolute atomic E-state index is 5.63. The quantitative estimate of drug-likeness (QED) is 0.901. The van der Waals surface area contributed by atoms with Gasteiger partial charge in [-0.2, -0.15) is 8.75 Å². The molecule has 2 aromatic rings. The van der Waals surface area contributed by atoms with Crippen molar-refractivity contribution < 1.29 is 4.74 Å². The molecule has 0 fully saturated rings. The summed E-state index contributed by atoms with van der Waals surface area (Å²) in [6, 6.07) is 8.16. The van der Waals surface area contributed by atoms with Crippen molar-refractivity contribution in [2.45, 2.75) is 26.0 Å². The van der Waals surface area contributed by atoms with Crippen LogP contribution in [0.15, 0.2) is 30.5 Å². The van der Waals surface area contributed by atoms with Gasteiger partial charge in [0.15, 0.2) is 0 Å². The highest BCUT2D eigenvalue weighted by Gasteiger charge is 2.14. The van der Waals surface area contributed by atoms with E-state index < -0.39 is 0 Å². The molecule has 5 heteroatoms. The van der Waals surface area contributed by atoms with Crippen LogP contribution in [-0.2, 0) is 0 Å². The van der Waals surface area contributed by atoms with E-state index in [1.54, 1.807) is 6.20 Å². The SMILES string of the molecule is CNC(c1ccc(OC(C)C)cc1)c1cnsn1. The maximum atomic E-state index is 5.63. The summed E-state index contributed by atoms with van der Waals surface area (Å²) in [5.41, 5.74) is 2.10. The number of rotatable bonds is 5. The second-order valence-electron chi connectivity index (χ2n) is 4.29. The summed E-state index contributed by atoms with van der Waals surface area (Å²) in [5.74, 6) is 0.889. The van der Waals surface area contributed by atoms with Crippen molar-refractivity contribution in [2.75, 3.05) is 7.05 Å². The van der Waals surface area contributed by atoms with Gasteiger partial charge in [0.2, 0.25) is 0 Å². The van der Waals surface area contributed by atoms with Gasteiger partial charge in [-0.15, -0.1) is 0 Å². The summed E-state index contributed by atoms with van der Waals surface area (Å²) in [6.07, 6.45) is 1.99. The van der Waals surface area contributed by atoms with Crippen LogP contribution in [0.4, 0.5) is 0 Å². The van der Waals surface area contributed by atoms with Crippen LogP contribution in [0.25, 0.3) is 0 Å². The number of aromatic nitrogens is 2. The average Bonchev–Trinajstić information content (AvgIpc) is 2.85. The number of nitrogens with one attached hydrogen (secondary N) is 1. The van der Waals surface area contributed by atoms with Crippen molar-refractivity contribution in [1.29, 1.82) is 0 Å². The van der Waals surface area contributed by atoms with Crippen molar-refractivity contribution in [1.82, 2.24) is 14.1 Å². The summed E-state index contributed by atoms with van der Waals surface area (Å²) in [4.78, 5) is 0. The highest BCUT2D eigenvalue weighted by Crippen LogP contribution is 2.23. The van der Waals surface area contributed by atoms with Crippen LogP contribution in [0.1, 0.15) is 31.1 Å². The summed E-state index contributed by atoms with van der Waals surface area (Å²) in [7, 11) is 1.92.